The maximum Gasteiger partial charge on any atom is 0.0991 e. The van der Waals surface area contributed by atoms with Crippen LogP contribution in [0, 0.1) is 11.3 Å². The van der Waals surface area contributed by atoms with Crippen LogP contribution in [0.15, 0.2) is 54.9 Å². The molecule has 0 amide bonds. The summed E-state index contributed by atoms with van der Waals surface area (Å²) in [7, 11) is 0. The molecule has 4 aromatic rings. The lowest BCUT2D eigenvalue weighted by Gasteiger charge is -2.36. The molecule has 0 bridgehead atoms. The number of nitrogens with one attached hydrogen (secondary N) is 2. The molecule has 5 nitrogen and oxygen atoms in total. The minimum Gasteiger partial charge on any atom is -0.369 e. The minimum absolute atomic E-state index is 0.723. The number of H-pyrrole nitrogens is 2. The van der Waals surface area contributed by atoms with Crippen molar-refractivity contribution in [3.05, 3.63) is 66.0 Å². The van der Waals surface area contributed by atoms with Crippen LogP contribution in [0.3, 0.4) is 0 Å². The fraction of sp³-hybridized carbons (Fsp3) is 0.261. The average molecular weight is 369 g/mol. The monoisotopic (exact) mass is 369 g/mol. The predicted molar refractivity (Wildman–Crippen MR) is 114 cm³/mol. The van der Waals surface area contributed by atoms with Crippen LogP contribution in [0.2, 0.25) is 0 Å². The summed E-state index contributed by atoms with van der Waals surface area (Å²) in [5.74, 6) is 0. The number of piperazine rings is 1. The van der Waals surface area contributed by atoms with Crippen LogP contribution < -0.4 is 4.90 Å². The summed E-state index contributed by atoms with van der Waals surface area (Å²) >= 11 is 0. The van der Waals surface area contributed by atoms with Crippen LogP contribution >= 0.6 is 0 Å². The summed E-state index contributed by atoms with van der Waals surface area (Å²) < 4.78 is 0. The van der Waals surface area contributed by atoms with E-state index in [1.165, 1.54) is 27.5 Å². The van der Waals surface area contributed by atoms with Crippen molar-refractivity contribution in [3.63, 3.8) is 0 Å². The number of aromatic nitrogens is 2. The van der Waals surface area contributed by atoms with E-state index in [1.54, 1.807) is 0 Å². The van der Waals surface area contributed by atoms with Crippen molar-refractivity contribution >= 4 is 27.5 Å². The largest absolute Gasteiger partial charge is 0.369 e. The SMILES string of the molecule is N#Cc1ccc2[nH]cc(CCN3CCN(c4ccc5[nH]ccc5c4)CC3)c2c1. The molecule has 5 heteroatoms. The molecule has 2 aromatic carbocycles. The van der Waals surface area contributed by atoms with Crippen molar-refractivity contribution in [3.8, 4) is 6.07 Å². The summed E-state index contributed by atoms with van der Waals surface area (Å²) in [6.45, 7) is 5.33. The second-order valence-electron chi connectivity index (χ2n) is 7.51. The quantitative estimate of drug-likeness (QED) is 0.574. The Bertz CT molecular complexity index is 1150. The first-order valence-corrected chi connectivity index (χ1v) is 9.85. The summed E-state index contributed by atoms with van der Waals surface area (Å²) in [4.78, 5) is 11.6. The maximum atomic E-state index is 9.15. The molecule has 5 rings (SSSR count). The molecule has 2 N–H and O–H groups in total. The van der Waals surface area contributed by atoms with Gasteiger partial charge in [0.25, 0.3) is 0 Å². The third-order valence-electron chi connectivity index (χ3n) is 5.87. The van der Waals surface area contributed by atoms with Gasteiger partial charge in [-0.25, -0.2) is 0 Å². The Balaban J connectivity index is 1.21. The molecule has 1 saturated heterocycles. The number of nitriles is 1. The number of benzene rings is 2. The van der Waals surface area contributed by atoms with Crippen molar-refractivity contribution in [1.29, 1.82) is 5.26 Å². The fourth-order valence-electron chi connectivity index (χ4n) is 4.20. The molecular formula is C23H23N5. The smallest absolute Gasteiger partial charge is 0.0991 e. The van der Waals surface area contributed by atoms with Gasteiger partial charge in [-0.1, -0.05) is 0 Å². The lowest BCUT2D eigenvalue weighted by atomic mass is 10.1. The lowest BCUT2D eigenvalue weighted by molar-refractivity contribution is 0.261. The zero-order chi connectivity index (χ0) is 18.9. The first-order chi connectivity index (χ1) is 13.8. The van der Waals surface area contributed by atoms with Crippen molar-refractivity contribution in [1.82, 2.24) is 14.9 Å². The molecule has 3 heterocycles. The van der Waals surface area contributed by atoms with Crippen molar-refractivity contribution in [2.75, 3.05) is 37.6 Å². The van der Waals surface area contributed by atoms with Crippen LogP contribution in [0.1, 0.15) is 11.1 Å². The van der Waals surface area contributed by atoms with E-state index in [9.17, 15) is 0 Å². The van der Waals surface area contributed by atoms with Gasteiger partial charge in [0.1, 0.15) is 0 Å². The highest BCUT2D eigenvalue weighted by molar-refractivity contribution is 5.84. The van der Waals surface area contributed by atoms with E-state index < -0.39 is 0 Å². The van der Waals surface area contributed by atoms with Gasteiger partial charge in [0.2, 0.25) is 0 Å². The second kappa shape index (κ2) is 7.06. The van der Waals surface area contributed by atoms with Gasteiger partial charge in [0.05, 0.1) is 11.6 Å². The molecule has 1 aliphatic rings. The van der Waals surface area contributed by atoms with Crippen molar-refractivity contribution in [2.45, 2.75) is 6.42 Å². The molecule has 1 fully saturated rings. The molecule has 2 aromatic heterocycles. The van der Waals surface area contributed by atoms with Gasteiger partial charge in [-0.15, -0.1) is 0 Å². The van der Waals surface area contributed by atoms with E-state index in [4.69, 9.17) is 5.26 Å². The van der Waals surface area contributed by atoms with Crippen molar-refractivity contribution in [2.24, 2.45) is 0 Å². The van der Waals surface area contributed by atoms with Gasteiger partial charge < -0.3 is 14.9 Å². The Labute approximate surface area is 164 Å². The molecule has 0 radical (unpaired) electrons. The summed E-state index contributed by atoms with van der Waals surface area (Å²) in [5, 5.41) is 11.6. The molecule has 0 aliphatic carbocycles. The van der Waals surface area contributed by atoms with Crippen LogP contribution in [-0.2, 0) is 6.42 Å². The highest BCUT2D eigenvalue weighted by atomic mass is 15.3. The zero-order valence-corrected chi connectivity index (χ0v) is 15.8. The third-order valence-corrected chi connectivity index (χ3v) is 5.87. The first kappa shape index (κ1) is 16.9. The first-order valence-electron chi connectivity index (χ1n) is 9.85. The molecule has 0 unspecified atom stereocenters. The summed E-state index contributed by atoms with van der Waals surface area (Å²) in [6.07, 6.45) is 5.09. The molecule has 140 valence electrons. The van der Waals surface area contributed by atoms with E-state index in [0.717, 1.165) is 50.2 Å². The highest BCUT2D eigenvalue weighted by Gasteiger charge is 2.18. The Morgan fingerprint density at radius 3 is 2.64 bits per heavy atom. The number of fused-ring (bicyclic) bond motifs is 2. The van der Waals surface area contributed by atoms with Crippen LogP contribution in [0.5, 0.6) is 0 Å². The molecule has 28 heavy (non-hydrogen) atoms. The number of aromatic amines is 2. The summed E-state index contributed by atoms with van der Waals surface area (Å²) in [5.41, 5.74) is 5.64. The molecule has 0 atom stereocenters. The van der Waals surface area contributed by atoms with E-state index in [0.29, 0.717) is 0 Å². The number of hydrogen-bond donors (Lipinski definition) is 2. The van der Waals surface area contributed by atoms with Crippen LogP contribution in [0.25, 0.3) is 21.8 Å². The lowest BCUT2D eigenvalue weighted by Crippen LogP contribution is -2.46. The number of hydrogen-bond acceptors (Lipinski definition) is 3. The van der Waals surface area contributed by atoms with Gasteiger partial charge in [-0.3, -0.25) is 4.90 Å². The van der Waals surface area contributed by atoms with Crippen LogP contribution in [-0.4, -0.2) is 47.6 Å². The normalized spacial score (nSPS) is 15.3. The third kappa shape index (κ3) is 3.12. The standard InChI is InChI=1S/C23H23N5/c24-15-17-1-3-23-21(13-17)19(16-26-23)6-8-27-9-11-28(12-10-27)20-2-4-22-18(14-20)5-7-25-22/h1-5,7,13-14,16,25-26H,6,8-12H2. The van der Waals surface area contributed by atoms with Gasteiger partial charge >= 0.3 is 0 Å². The zero-order valence-electron chi connectivity index (χ0n) is 15.8. The molecule has 0 spiro atoms. The van der Waals surface area contributed by atoms with Gasteiger partial charge in [0, 0.05) is 72.6 Å². The Kier molecular flexibility index (Phi) is 4.27. The second-order valence-corrected chi connectivity index (χ2v) is 7.51. The number of anilines is 1. The Hall–Kier alpha value is -3.23. The van der Waals surface area contributed by atoms with E-state index >= 15 is 0 Å². The number of nitrogens with zero attached hydrogens (tertiary/aromatic N) is 3. The molecule has 1 aliphatic heterocycles. The predicted octanol–water partition coefficient (Wildman–Crippen LogP) is 3.89. The van der Waals surface area contributed by atoms with Gasteiger partial charge in [-0.05, 0) is 54.4 Å². The number of rotatable bonds is 4. The molecule has 0 saturated carbocycles. The Morgan fingerprint density at radius 2 is 1.79 bits per heavy atom. The highest BCUT2D eigenvalue weighted by Crippen LogP contribution is 2.23. The van der Waals surface area contributed by atoms with Gasteiger partial charge in [0.15, 0.2) is 0 Å². The van der Waals surface area contributed by atoms with E-state index in [1.807, 2.05) is 24.4 Å². The maximum absolute atomic E-state index is 9.15. The Morgan fingerprint density at radius 1 is 0.929 bits per heavy atom. The van der Waals surface area contributed by atoms with Gasteiger partial charge in [-0.2, -0.15) is 5.26 Å². The van der Waals surface area contributed by atoms with Crippen molar-refractivity contribution < 1.29 is 0 Å². The molecular weight excluding hydrogens is 346 g/mol. The topological polar surface area (TPSA) is 61.9 Å². The minimum atomic E-state index is 0.723. The summed E-state index contributed by atoms with van der Waals surface area (Å²) in [6, 6.07) is 16.9. The fourth-order valence-corrected chi connectivity index (χ4v) is 4.20. The average Bonchev–Trinajstić information content (AvgIpc) is 3.38. The van der Waals surface area contributed by atoms with Crippen LogP contribution in [0.4, 0.5) is 5.69 Å². The van der Waals surface area contributed by atoms with E-state index in [2.05, 4.69) is 56.3 Å². The van der Waals surface area contributed by atoms with E-state index in [-0.39, 0.29) is 0 Å².